The monoisotopic (exact) mass is 447 g/mol. The van der Waals surface area contributed by atoms with Crippen LogP contribution in [-0.4, -0.2) is 43.2 Å². The van der Waals surface area contributed by atoms with E-state index < -0.39 is 18.0 Å². The van der Waals surface area contributed by atoms with Crippen LogP contribution in [0.15, 0.2) is 11.6 Å². The van der Waals surface area contributed by atoms with Crippen LogP contribution >= 0.6 is 0 Å². The smallest absolute Gasteiger partial charge is 0.342 e. The van der Waals surface area contributed by atoms with Crippen LogP contribution in [0.3, 0.4) is 0 Å². The third-order valence-electron chi connectivity index (χ3n) is 5.58. The van der Waals surface area contributed by atoms with Gasteiger partial charge in [0.15, 0.2) is 0 Å². The molecule has 0 spiro atoms. The van der Waals surface area contributed by atoms with E-state index in [1.807, 2.05) is 33.8 Å². The standard InChI is InChI=1S/C24H33NO7/c1-13(2)11-18(23(28)31-6)25-19(26)10-8-14(3)7-9-16-21(27)20-17(12-32-24(20)29)15(4)22(16)30-5/h7,13,18,27H,8-12H2,1-6H3,(H,25,26)/b14-7+/t18-/m1/s1. The zero-order valence-electron chi connectivity index (χ0n) is 19.7. The molecule has 8 heteroatoms. The summed E-state index contributed by atoms with van der Waals surface area (Å²) in [5, 5.41) is 13.4. The lowest BCUT2D eigenvalue weighted by Crippen LogP contribution is -2.42. The van der Waals surface area contributed by atoms with E-state index in [4.69, 9.17) is 14.2 Å². The predicted molar refractivity (Wildman–Crippen MR) is 119 cm³/mol. The van der Waals surface area contributed by atoms with Gasteiger partial charge in [0.25, 0.3) is 0 Å². The van der Waals surface area contributed by atoms with Crippen molar-refractivity contribution in [2.75, 3.05) is 14.2 Å². The van der Waals surface area contributed by atoms with Crippen LogP contribution in [0.2, 0.25) is 0 Å². The summed E-state index contributed by atoms with van der Waals surface area (Å²) < 4.78 is 15.3. The number of benzene rings is 1. The first-order valence-electron chi connectivity index (χ1n) is 10.7. The quantitative estimate of drug-likeness (QED) is 0.418. The van der Waals surface area contributed by atoms with Crippen LogP contribution in [0.25, 0.3) is 0 Å². The van der Waals surface area contributed by atoms with Crippen molar-refractivity contribution >= 4 is 17.8 Å². The van der Waals surface area contributed by atoms with Gasteiger partial charge in [-0.2, -0.15) is 0 Å². The highest BCUT2D eigenvalue weighted by Crippen LogP contribution is 2.42. The molecular formula is C24H33NO7. The molecular weight excluding hydrogens is 414 g/mol. The molecule has 1 aromatic rings. The maximum absolute atomic E-state index is 12.3. The van der Waals surface area contributed by atoms with Crippen molar-refractivity contribution in [2.45, 2.75) is 66.0 Å². The summed E-state index contributed by atoms with van der Waals surface area (Å²) in [6.07, 6.45) is 3.43. The molecule has 1 heterocycles. The van der Waals surface area contributed by atoms with Crippen molar-refractivity contribution < 1.29 is 33.7 Å². The lowest BCUT2D eigenvalue weighted by atomic mass is 9.94. The van der Waals surface area contributed by atoms with Gasteiger partial charge < -0.3 is 24.6 Å². The van der Waals surface area contributed by atoms with Gasteiger partial charge in [0.1, 0.15) is 29.7 Å². The van der Waals surface area contributed by atoms with Crippen molar-refractivity contribution in [2.24, 2.45) is 5.92 Å². The average molecular weight is 448 g/mol. The number of rotatable bonds is 10. The summed E-state index contributed by atoms with van der Waals surface area (Å²) in [5.41, 5.74) is 3.05. The van der Waals surface area contributed by atoms with Crippen LogP contribution in [0.1, 0.15) is 67.1 Å². The molecule has 1 aliphatic rings. The van der Waals surface area contributed by atoms with Gasteiger partial charge >= 0.3 is 11.9 Å². The number of phenolic OH excluding ortho intramolecular Hbond substituents is 1. The van der Waals surface area contributed by atoms with Gasteiger partial charge in [-0.3, -0.25) is 4.79 Å². The minimum absolute atomic E-state index is 0.123. The second-order valence-electron chi connectivity index (χ2n) is 8.44. The number of carbonyl (C=O) groups excluding carboxylic acids is 3. The van der Waals surface area contributed by atoms with Gasteiger partial charge in [0.05, 0.1) is 14.2 Å². The number of methoxy groups -OCH3 is 2. The first kappa shape index (κ1) is 25.2. The number of fused-ring (bicyclic) bond motifs is 1. The fourth-order valence-corrected chi connectivity index (χ4v) is 3.81. The van der Waals surface area contributed by atoms with Gasteiger partial charge in [-0.15, -0.1) is 0 Å². The highest BCUT2D eigenvalue weighted by atomic mass is 16.5. The Kier molecular flexibility index (Phi) is 8.69. The number of hydrogen-bond donors (Lipinski definition) is 2. The lowest BCUT2D eigenvalue weighted by Gasteiger charge is -2.18. The molecule has 0 aromatic heterocycles. The number of carbonyl (C=O) groups is 3. The molecule has 0 bridgehead atoms. The number of allylic oxidation sites excluding steroid dienone is 2. The van der Waals surface area contributed by atoms with Gasteiger partial charge in [-0.05, 0) is 44.6 Å². The second kappa shape index (κ2) is 11.0. The number of nitrogens with one attached hydrogen (secondary N) is 1. The predicted octanol–water partition coefficient (Wildman–Crippen LogP) is 3.35. The van der Waals surface area contributed by atoms with Crippen LogP contribution in [0, 0.1) is 12.8 Å². The normalized spacial score (nSPS) is 14.1. The average Bonchev–Trinajstić information content (AvgIpc) is 3.14. The Hall–Kier alpha value is -3.03. The Labute approximate surface area is 188 Å². The molecule has 0 saturated heterocycles. The maximum atomic E-state index is 12.3. The van der Waals surface area contributed by atoms with Crippen LogP contribution in [0.4, 0.5) is 0 Å². The first-order valence-corrected chi connectivity index (χ1v) is 10.7. The largest absolute Gasteiger partial charge is 0.507 e. The van der Waals surface area contributed by atoms with Gasteiger partial charge in [-0.1, -0.05) is 25.5 Å². The molecule has 1 atom stereocenters. The number of esters is 2. The minimum atomic E-state index is -0.660. The summed E-state index contributed by atoms with van der Waals surface area (Å²) in [5.74, 6) is -0.588. The lowest BCUT2D eigenvalue weighted by molar-refractivity contribution is -0.145. The highest BCUT2D eigenvalue weighted by Gasteiger charge is 2.31. The summed E-state index contributed by atoms with van der Waals surface area (Å²) >= 11 is 0. The fourth-order valence-electron chi connectivity index (χ4n) is 3.81. The van der Waals surface area contributed by atoms with E-state index in [1.54, 1.807) is 0 Å². The Morgan fingerprint density at radius 2 is 1.94 bits per heavy atom. The van der Waals surface area contributed by atoms with E-state index in [9.17, 15) is 19.5 Å². The molecule has 8 nitrogen and oxygen atoms in total. The Balaban J connectivity index is 2.07. The summed E-state index contributed by atoms with van der Waals surface area (Å²) in [4.78, 5) is 36.2. The Bertz CT molecular complexity index is 918. The van der Waals surface area contributed by atoms with E-state index in [-0.39, 0.29) is 36.2 Å². The summed E-state index contributed by atoms with van der Waals surface area (Å²) in [6, 6.07) is -0.660. The number of aromatic hydroxyl groups is 1. The van der Waals surface area contributed by atoms with Crippen LogP contribution < -0.4 is 10.1 Å². The van der Waals surface area contributed by atoms with Gasteiger partial charge in [0, 0.05) is 17.5 Å². The number of ether oxygens (including phenoxy) is 3. The van der Waals surface area contributed by atoms with E-state index in [0.29, 0.717) is 36.1 Å². The van der Waals surface area contributed by atoms with Crippen molar-refractivity contribution in [1.29, 1.82) is 0 Å². The van der Waals surface area contributed by atoms with E-state index in [2.05, 4.69) is 5.32 Å². The SMILES string of the molecule is COC(=O)[C@@H](CC(C)C)NC(=O)CC/C(C)=C/Cc1c(O)c2c(c(C)c1OC)COC2=O. The number of cyclic esters (lactones) is 1. The fraction of sp³-hybridized carbons (Fsp3) is 0.542. The van der Waals surface area contributed by atoms with E-state index in [1.165, 1.54) is 14.2 Å². The molecule has 2 rings (SSSR count). The number of phenols is 1. The van der Waals surface area contributed by atoms with E-state index in [0.717, 1.165) is 11.1 Å². The molecule has 0 saturated carbocycles. The number of hydrogen-bond acceptors (Lipinski definition) is 7. The molecule has 176 valence electrons. The summed E-state index contributed by atoms with van der Waals surface area (Å²) in [7, 11) is 2.82. The van der Waals surface area contributed by atoms with Crippen molar-refractivity contribution in [1.82, 2.24) is 5.32 Å². The number of amides is 1. The molecule has 0 aliphatic carbocycles. The van der Waals surface area contributed by atoms with Gasteiger partial charge in [0.2, 0.25) is 5.91 Å². The third kappa shape index (κ3) is 5.81. The van der Waals surface area contributed by atoms with Crippen LogP contribution in [0.5, 0.6) is 11.5 Å². The molecule has 1 amide bonds. The Morgan fingerprint density at radius 1 is 1.25 bits per heavy atom. The van der Waals surface area contributed by atoms with Crippen LogP contribution in [-0.2, 0) is 32.1 Å². The minimum Gasteiger partial charge on any atom is -0.507 e. The molecule has 0 fully saturated rings. The zero-order chi connectivity index (χ0) is 24.0. The molecule has 0 radical (unpaired) electrons. The molecule has 1 aliphatic heterocycles. The Morgan fingerprint density at radius 3 is 2.53 bits per heavy atom. The molecule has 1 aromatic carbocycles. The molecule has 32 heavy (non-hydrogen) atoms. The van der Waals surface area contributed by atoms with Gasteiger partial charge in [-0.25, -0.2) is 9.59 Å². The highest BCUT2D eigenvalue weighted by molar-refractivity contribution is 5.98. The van der Waals surface area contributed by atoms with Crippen molar-refractivity contribution in [3.8, 4) is 11.5 Å². The van der Waals surface area contributed by atoms with Crippen molar-refractivity contribution in [3.63, 3.8) is 0 Å². The third-order valence-corrected chi connectivity index (χ3v) is 5.58. The molecule has 2 N–H and O–H groups in total. The van der Waals surface area contributed by atoms with Crippen molar-refractivity contribution in [3.05, 3.63) is 33.9 Å². The van der Waals surface area contributed by atoms with E-state index >= 15 is 0 Å². The second-order valence-corrected chi connectivity index (χ2v) is 8.44. The molecule has 0 unspecified atom stereocenters. The first-order chi connectivity index (χ1) is 15.1. The summed E-state index contributed by atoms with van der Waals surface area (Å²) in [6.45, 7) is 7.78. The topological polar surface area (TPSA) is 111 Å². The zero-order valence-corrected chi connectivity index (χ0v) is 19.7. The maximum Gasteiger partial charge on any atom is 0.342 e.